The highest BCUT2D eigenvalue weighted by Crippen LogP contribution is 2.06. The monoisotopic (exact) mass is 189 g/mol. The van der Waals surface area contributed by atoms with Crippen LogP contribution in [0.15, 0.2) is 12.1 Å². The predicted octanol–water partition coefficient (Wildman–Crippen LogP) is 0.199. The van der Waals surface area contributed by atoms with Gasteiger partial charge in [0.05, 0.1) is 17.8 Å². The summed E-state index contributed by atoms with van der Waals surface area (Å²) in [6.45, 7) is 1.80. The van der Waals surface area contributed by atoms with E-state index in [0.29, 0.717) is 11.4 Å². The third kappa shape index (κ3) is 2.79. The Morgan fingerprint density at radius 3 is 2.86 bits per heavy atom. The van der Waals surface area contributed by atoms with Crippen LogP contribution in [0.3, 0.4) is 0 Å². The van der Waals surface area contributed by atoms with E-state index in [1.165, 1.54) is 0 Å². The summed E-state index contributed by atoms with van der Waals surface area (Å²) in [4.78, 5) is 14.5. The first-order valence-electron chi connectivity index (χ1n) is 4.10. The molecule has 0 spiro atoms. The number of pyridine rings is 1. The van der Waals surface area contributed by atoms with Gasteiger partial charge in [0.2, 0.25) is 5.91 Å². The molecule has 0 aliphatic rings. The molecule has 4 heteroatoms. The second kappa shape index (κ2) is 4.28. The first kappa shape index (κ1) is 10.1. The van der Waals surface area contributed by atoms with Crippen LogP contribution in [0, 0.1) is 18.8 Å². The summed E-state index contributed by atoms with van der Waals surface area (Å²) in [5.41, 5.74) is 12.5. The lowest BCUT2D eigenvalue weighted by atomic mass is 10.2. The zero-order valence-corrected chi connectivity index (χ0v) is 7.87. The normalized spacial score (nSPS) is 8.93. The van der Waals surface area contributed by atoms with Crippen molar-refractivity contribution in [1.82, 2.24) is 4.98 Å². The maximum atomic E-state index is 10.4. The Morgan fingerprint density at radius 2 is 2.29 bits per heavy atom. The van der Waals surface area contributed by atoms with Gasteiger partial charge in [-0.25, -0.2) is 4.98 Å². The molecule has 0 saturated heterocycles. The van der Waals surface area contributed by atoms with Gasteiger partial charge < -0.3 is 11.5 Å². The first-order valence-corrected chi connectivity index (χ1v) is 4.10. The van der Waals surface area contributed by atoms with E-state index in [1.54, 1.807) is 19.1 Å². The van der Waals surface area contributed by atoms with E-state index < -0.39 is 5.91 Å². The number of primary amides is 1. The van der Waals surface area contributed by atoms with Crippen molar-refractivity contribution < 1.29 is 4.79 Å². The Hall–Kier alpha value is -2.02. The molecule has 0 aromatic carbocycles. The van der Waals surface area contributed by atoms with Crippen LogP contribution in [-0.2, 0) is 4.79 Å². The number of hydrogen-bond donors (Lipinski definition) is 2. The number of aromatic nitrogens is 1. The summed E-state index contributed by atoms with van der Waals surface area (Å²) in [6, 6.07) is 3.44. The van der Waals surface area contributed by atoms with Crippen LogP contribution in [0.4, 0.5) is 5.69 Å². The van der Waals surface area contributed by atoms with Crippen molar-refractivity contribution in [2.45, 2.75) is 13.3 Å². The fourth-order valence-electron chi connectivity index (χ4n) is 0.863. The van der Waals surface area contributed by atoms with E-state index in [-0.39, 0.29) is 6.42 Å². The average molecular weight is 189 g/mol. The van der Waals surface area contributed by atoms with Gasteiger partial charge in [-0.1, -0.05) is 5.92 Å². The Balaban J connectivity index is 2.81. The predicted molar refractivity (Wildman–Crippen MR) is 54.1 cm³/mol. The van der Waals surface area contributed by atoms with E-state index in [4.69, 9.17) is 11.5 Å². The maximum Gasteiger partial charge on any atom is 0.229 e. The molecule has 0 radical (unpaired) electrons. The smallest absolute Gasteiger partial charge is 0.229 e. The van der Waals surface area contributed by atoms with Gasteiger partial charge in [0.1, 0.15) is 5.69 Å². The molecule has 0 bridgehead atoms. The fourth-order valence-corrected chi connectivity index (χ4v) is 0.863. The lowest BCUT2D eigenvalue weighted by molar-refractivity contribution is -0.117. The minimum atomic E-state index is -0.440. The van der Waals surface area contributed by atoms with Gasteiger partial charge in [-0.15, -0.1) is 0 Å². The standard InChI is InChI=1S/C10H11N3O/c1-7-9(11)6-5-8(13-7)3-2-4-10(12)14/h5-6H,4,11H2,1H3,(H2,12,14). The fraction of sp³-hybridized carbons (Fsp3) is 0.200. The summed E-state index contributed by atoms with van der Waals surface area (Å²) < 4.78 is 0. The Labute approximate surface area is 82.3 Å². The summed E-state index contributed by atoms with van der Waals surface area (Å²) in [6.07, 6.45) is 0.0467. The Morgan fingerprint density at radius 1 is 1.57 bits per heavy atom. The highest BCUT2D eigenvalue weighted by molar-refractivity contribution is 5.76. The van der Waals surface area contributed by atoms with Gasteiger partial charge >= 0.3 is 0 Å². The summed E-state index contributed by atoms with van der Waals surface area (Å²) in [7, 11) is 0. The van der Waals surface area contributed by atoms with Crippen molar-refractivity contribution in [3.63, 3.8) is 0 Å². The highest BCUT2D eigenvalue weighted by atomic mass is 16.1. The van der Waals surface area contributed by atoms with E-state index in [9.17, 15) is 4.79 Å². The zero-order chi connectivity index (χ0) is 10.6. The number of rotatable bonds is 1. The molecule has 0 aliphatic heterocycles. The lowest BCUT2D eigenvalue weighted by Gasteiger charge is -1.97. The third-order valence-corrected chi connectivity index (χ3v) is 1.61. The van der Waals surface area contributed by atoms with Gasteiger partial charge in [0.25, 0.3) is 0 Å². The molecule has 1 rings (SSSR count). The molecule has 1 aromatic heterocycles. The average Bonchev–Trinajstić information content (AvgIpc) is 2.10. The number of anilines is 1. The minimum Gasteiger partial charge on any atom is -0.397 e. The van der Waals surface area contributed by atoms with Gasteiger partial charge in [0.15, 0.2) is 0 Å². The number of nitrogen functional groups attached to an aromatic ring is 1. The molecular formula is C10H11N3O. The quantitative estimate of drug-likeness (QED) is 0.619. The number of carbonyl (C=O) groups excluding carboxylic acids is 1. The van der Waals surface area contributed by atoms with Crippen LogP contribution in [0.25, 0.3) is 0 Å². The minimum absolute atomic E-state index is 0.0467. The number of nitrogens with two attached hydrogens (primary N) is 2. The molecular weight excluding hydrogens is 178 g/mol. The first-order chi connectivity index (χ1) is 6.59. The van der Waals surface area contributed by atoms with Crippen LogP contribution < -0.4 is 11.5 Å². The molecule has 14 heavy (non-hydrogen) atoms. The molecule has 0 aliphatic carbocycles. The zero-order valence-electron chi connectivity index (χ0n) is 7.87. The number of carbonyl (C=O) groups is 1. The van der Waals surface area contributed by atoms with Crippen LogP contribution in [0.5, 0.6) is 0 Å². The summed E-state index contributed by atoms with van der Waals surface area (Å²) >= 11 is 0. The molecule has 4 N–H and O–H groups in total. The van der Waals surface area contributed by atoms with Crippen molar-refractivity contribution in [3.05, 3.63) is 23.5 Å². The van der Waals surface area contributed by atoms with Crippen molar-refractivity contribution in [2.24, 2.45) is 5.73 Å². The molecule has 0 unspecified atom stereocenters. The van der Waals surface area contributed by atoms with Crippen LogP contribution in [-0.4, -0.2) is 10.9 Å². The van der Waals surface area contributed by atoms with Crippen molar-refractivity contribution in [2.75, 3.05) is 5.73 Å². The SMILES string of the molecule is Cc1nc(C#CCC(N)=O)ccc1N. The summed E-state index contributed by atoms with van der Waals surface area (Å²) in [5, 5.41) is 0. The Bertz CT molecular complexity index is 415. The van der Waals surface area contributed by atoms with E-state index in [2.05, 4.69) is 16.8 Å². The molecule has 0 saturated carbocycles. The van der Waals surface area contributed by atoms with Gasteiger partial charge in [-0.3, -0.25) is 4.79 Å². The van der Waals surface area contributed by atoms with Gasteiger partial charge in [-0.2, -0.15) is 0 Å². The van der Waals surface area contributed by atoms with E-state index in [1.807, 2.05) is 0 Å². The topological polar surface area (TPSA) is 82.0 Å². The van der Waals surface area contributed by atoms with Crippen molar-refractivity contribution >= 4 is 11.6 Å². The second-order valence-corrected chi connectivity index (χ2v) is 2.82. The number of hydrogen-bond acceptors (Lipinski definition) is 3. The maximum absolute atomic E-state index is 10.4. The number of amides is 1. The molecule has 4 nitrogen and oxygen atoms in total. The molecule has 72 valence electrons. The second-order valence-electron chi connectivity index (χ2n) is 2.82. The van der Waals surface area contributed by atoms with Crippen molar-refractivity contribution in [3.8, 4) is 11.8 Å². The van der Waals surface area contributed by atoms with E-state index in [0.717, 1.165) is 5.69 Å². The largest absolute Gasteiger partial charge is 0.397 e. The highest BCUT2D eigenvalue weighted by Gasteiger charge is 1.94. The molecule has 0 fully saturated rings. The van der Waals surface area contributed by atoms with Crippen molar-refractivity contribution in [1.29, 1.82) is 0 Å². The van der Waals surface area contributed by atoms with Crippen LogP contribution >= 0.6 is 0 Å². The van der Waals surface area contributed by atoms with Crippen LogP contribution in [0.2, 0.25) is 0 Å². The number of nitrogens with zero attached hydrogens (tertiary/aromatic N) is 1. The molecule has 1 amide bonds. The van der Waals surface area contributed by atoms with E-state index >= 15 is 0 Å². The lowest BCUT2D eigenvalue weighted by Crippen LogP contribution is -2.08. The van der Waals surface area contributed by atoms with Gasteiger partial charge in [-0.05, 0) is 25.0 Å². The van der Waals surface area contributed by atoms with Crippen LogP contribution in [0.1, 0.15) is 17.8 Å². The molecule has 1 aromatic rings. The third-order valence-electron chi connectivity index (χ3n) is 1.61. The molecule has 0 atom stereocenters. The number of aryl methyl sites for hydroxylation is 1. The Kier molecular flexibility index (Phi) is 3.08. The van der Waals surface area contributed by atoms with Gasteiger partial charge in [0, 0.05) is 0 Å². The summed E-state index contributed by atoms with van der Waals surface area (Å²) in [5.74, 6) is 4.91. The molecule has 1 heterocycles.